The number of rotatable bonds is 6. The Kier molecular flexibility index (Phi) is 6.62. The molecule has 3 rings (SSSR count). The van der Waals surface area contributed by atoms with Crippen molar-refractivity contribution in [2.24, 2.45) is 11.8 Å². The van der Waals surface area contributed by atoms with E-state index in [1.807, 2.05) is 12.1 Å². The number of hydrogen-bond donors (Lipinski definition) is 0. The Labute approximate surface area is 160 Å². The van der Waals surface area contributed by atoms with Crippen molar-refractivity contribution >= 4 is 0 Å². The molecule has 0 amide bonds. The van der Waals surface area contributed by atoms with Crippen LogP contribution in [0.5, 0.6) is 0 Å². The van der Waals surface area contributed by atoms with E-state index in [2.05, 4.69) is 19.1 Å². The number of halogens is 3. The fraction of sp³-hybridized carbons (Fsp3) is 0.500. The van der Waals surface area contributed by atoms with Crippen LogP contribution in [0, 0.1) is 11.8 Å². The van der Waals surface area contributed by atoms with Gasteiger partial charge in [0.05, 0.1) is 5.56 Å². The number of hydrogen-bond acceptors (Lipinski definition) is 0. The van der Waals surface area contributed by atoms with Gasteiger partial charge < -0.3 is 0 Å². The largest absolute Gasteiger partial charge is 0.416 e. The van der Waals surface area contributed by atoms with E-state index < -0.39 is 11.7 Å². The summed E-state index contributed by atoms with van der Waals surface area (Å²) in [5.41, 5.74) is 2.51. The molecule has 2 aromatic rings. The summed E-state index contributed by atoms with van der Waals surface area (Å²) in [6, 6.07) is 13.7. The summed E-state index contributed by atoms with van der Waals surface area (Å²) < 4.78 is 38.0. The summed E-state index contributed by atoms with van der Waals surface area (Å²) in [4.78, 5) is 0. The lowest BCUT2D eigenvalue weighted by Gasteiger charge is -2.28. The second-order valence-corrected chi connectivity index (χ2v) is 7.99. The molecule has 0 aromatic heterocycles. The van der Waals surface area contributed by atoms with E-state index >= 15 is 0 Å². The molecule has 0 bridgehead atoms. The van der Waals surface area contributed by atoms with E-state index in [-0.39, 0.29) is 0 Å². The van der Waals surface area contributed by atoms with Crippen molar-refractivity contribution in [3.8, 4) is 11.1 Å². The summed E-state index contributed by atoms with van der Waals surface area (Å²) in [6.07, 6.45) is 6.28. The zero-order chi connectivity index (χ0) is 19.3. The van der Waals surface area contributed by atoms with Gasteiger partial charge in [0.1, 0.15) is 0 Å². The molecule has 3 heteroatoms. The van der Waals surface area contributed by atoms with Crippen LogP contribution in [0.25, 0.3) is 11.1 Å². The van der Waals surface area contributed by atoms with Gasteiger partial charge in [0.2, 0.25) is 0 Å². The SMILES string of the molecule is CCC[C@H]1CC[C@H](CCc2ccc(-c3ccc(C(F)(F)F)cc3)cc2)CC1. The van der Waals surface area contributed by atoms with Crippen LogP contribution < -0.4 is 0 Å². The Balaban J connectivity index is 1.52. The summed E-state index contributed by atoms with van der Waals surface area (Å²) in [5, 5.41) is 0. The molecule has 0 N–H and O–H groups in total. The highest BCUT2D eigenvalue weighted by atomic mass is 19.4. The van der Waals surface area contributed by atoms with Gasteiger partial charge in [-0.3, -0.25) is 0 Å². The quantitative estimate of drug-likeness (QED) is 0.482. The molecule has 27 heavy (non-hydrogen) atoms. The molecule has 146 valence electrons. The van der Waals surface area contributed by atoms with Gasteiger partial charge in [-0.2, -0.15) is 13.2 Å². The number of aryl methyl sites for hydroxylation is 1. The van der Waals surface area contributed by atoms with Crippen LogP contribution in [-0.2, 0) is 12.6 Å². The summed E-state index contributed by atoms with van der Waals surface area (Å²) in [6.45, 7) is 2.28. The molecule has 0 heterocycles. The first-order valence-electron chi connectivity index (χ1n) is 10.2. The maximum atomic E-state index is 12.7. The van der Waals surface area contributed by atoms with Gasteiger partial charge >= 0.3 is 6.18 Å². The fourth-order valence-electron chi connectivity index (χ4n) is 4.30. The predicted molar refractivity (Wildman–Crippen MR) is 106 cm³/mol. The van der Waals surface area contributed by atoms with Crippen molar-refractivity contribution in [2.75, 3.05) is 0 Å². The van der Waals surface area contributed by atoms with Gasteiger partial charge in [-0.1, -0.05) is 81.8 Å². The van der Waals surface area contributed by atoms with E-state index in [9.17, 15) is 13.2 Å². The second kappa shape index (κ2) is 8.95. The first kappa shape index (κ1) is 20.0. The Bertz CT molecular complexity index is 690. The van der Waals surface area contributed by atoms with Gasteiger partial charge in [0, 0.05) is 0 Å². The van der Waals surface area contributed by atoms with Crippen molar-refractivity contribution in [3.05, 3.63) is 59.7 Å². The average molecular weight is 374 g/mol. The normalized spacial score (nSPS) is 20.6. The Morgan fingerprint density at radius 2 is 1.22 bits per heavy atom. The minimum Gasteiger partial charge on any atom is -0.166 e. The number of alkyl halides is 3. The van der Waals surface area contributed by atoms with Gasteiger partial charge in [-0.25, -0.2) is 0 Å². The van der Waals surface area contributed by atoms with Crippen LogP contribution in [0.4, 0.5) is 13.2 Å². The molecule has 0 atom stereocenters. The molecular weight excluding hydrogens is 345 g/mol. The maximum Gasteiger partial charge on any atom is 0.416 e. The van der Waals surface area contributed by atoms with Crippen molar-refractivity contribution in [1.82, 2.24) is 0 Å². The highest BCUT2D eigenvalue weighted by molar-refractivity contribution is 5.64. The Hall–Kier alpha value is -1.77. The van der Waals surface area contributed by atoms with E-state index in [0.717, 1.165) is 41.5 Å². The third kappa shape index (κ3) is 5.60. The topological polar surface area (TPSA) is 0 Å². The fourth-order valence-corrected chi connectivity index (χ4v) is 4.30. The van der Waals surface area contributed by atoms with E-state index in [1.54, 1.807) is 12.1 Å². The third-order valence-electron chi connectivity index (χ3n) is 6.00. The number of benzene rings is 2. The molecular formula is C24H29F3. The molecule has 1 saturated carbocycles. The summed E-state index contributed by atoms with van der Waals surface area (Å²) in [7, 11) is 0. The monoisotopic (exact) mass is 374 g/mol. The van der Waals surface area contributed by atoms with Crippen LogP contribution in [0.1, 0.15) is 63.0 Å². The van der Waals surface area contributed by atoms with E-state index in [0.29, 0.717) is 0 Å². The van der Waals surface area contributed by atoms with Gasteiger partial charge in [-0.15, -0.1) is 0 Å². The molecule has 0 aliphatic heterocycles. The van der Waals surface area contributed by atoms with E-state index in [4.69, 9.17) is 0 Å². The lowest BCUT2D eigenvalue weighted by atomic mass is 9.78. The minimum atomic E-state index is -4.28. The molecule has 1 aliphatic rings. The van der Waals surface area contributed by atoms with Gasteiger partial charge in [-0.05, 0) is 53.5 Å². The summed E-state index contributed by atoms with van der Waals surface area (Å²) >= 11 is 0. The molecule has 1 fully saturated rings. The molecule has 0 saturated heterocycles. The van der Waals surface area contributed by atoms with Crippen LogP contribution >= 0.6 is 0 Å². The molecule has 0 spiro atoms. The van der Waals surface area contributed by atoms with Crippen molar-refractivity contribution in [2.45, 2.75) is 64.5 Å². The van der Waals surface area contributed by atoms with Crippen LogP contribution in [-0.4, -0.2) is 0 Å². The smallest absolute Gasteiger partial charge is 0.166 e. The lowest BCUT2D eigenvalue weighted by molar-refractivity contribution is -0.137. The van der Waals surface area contributed by atoms with E-state index in [1.165, 1.54) is 50.5 Å². The summed E-state index contributed by atoms with van der Waals surface area (Å²) in [5.74, 6) is 1.81. The second-order valence-electron chi connectivity index (χ2n) is 7.99. The lowest BCUT2D eigenvalue weighted by Crippen LogP contribution is -2.15. The molecule has 0 nitrogen and oxygen atoms in total. The Morgan fingerprint density at radius 3 is 1.70 bits per heavy atom. The van der Waals surface area contributed by atoms with Crippen LogP contribution in [0.15, 0.2) is 48.5 Å². The van der Waals surface area contributed by atoms with Gasteiger partial charge in [0.25, 0.3) is 0 Å². The van der Waals surface area contributed by atoms with Crippen molar-refractivity contribution in [1.29, 1.82) is 0 Å². The zero-order valence-electron chi connectivity index (χ0n) is 16.1. The molecule has 2 aromatic carbocycles. The standard InChI is InChI=1S/C24H29F3/c1-2-3-18-4-6-19(7-5-18)8-9-20-10-12-21(13-11-20)22-14-16-23(17-15-22)24(25,26)27/h10-19H,2-9H2,1H3/t18-,19-. The van der Waals surface area contributed by atoms with Crippen molar-refractivity contribution in [3.63, 3.8) is 0 Å². The Morgan fingerprint density at radius 1 is 0.741 bits per heavy atom. The van der Waals surface area contributed by atoms with Crippen LogP contribution in [0.3, 0.4) is 0 Å². The predicted octanol–water partition coefficient (Wildman–Crippen LogP) is 7.91. The first-order valence-corrected chi connectivity index (χ1v) is 10.2. The van der Waals surface area contributed by atoms with Gasteiger partial charge in [0.15, 0.2) is 0 Å². The minimum absolute atomic E-state index is 0.600. The molecule has 0 radical (unpaired) electrons. The maximum absolute atomic E-state index is 12.7. The highest BCUT2D eigenvalue weighted by Crippen LogP contribution is 2.34. The zero-order valence-corrected chi connectivity index (χ0v) is 16.1. The average Bonchev–Trinajstić information content (AvgIpc) is 2.68. The molecule has 0 unspecified atom stereocenters. The van der Waals surface area contributed by atoms with Crippen LogP contribution in [0.2, 0.25) is 0 Å². The molecule has 1 aliphatic carbocycles. The first-order chi connectivity index (χ1) is 13.0. The highest BCUT2D eigenvalue weighted by Gasteiger charge is 2.29. The van der Waals surface area contributed by atoms with Crippen molar-refractivity contribution < 1.29 is 13.2 Å². The third-order valence-corrected chi connectivity index (χ3v) is 6.00.